The van der Waals surface area contributed by atoms with Crippen molar-refractivity contribution in [3.63, 3.8) is 0 Å². The van der Waals surface area contributed by atoms with Gasteiger partial charge in [0.05, 0.1) is 25.6 Å². The van der Waals surface area contributed by atoms with Gasteiger partial charge in [-0.3, -0.25) is 9.80 Å². The van der Waals surface area contributed by atoms with Crippen LogP contribution >= 0.6 is 0 Å². The fourth-order valence-electron chi connectivity index (χ4n) is 3.74. The molecule has 2 aromatic rings. The molecule has 2 aliphatic rings. The fraction of sp³-hybridized carbons (Fsp3) is 0.550. The summed E-state index contributed by atoms with van der Waals surface area (Å²) in [7, 11) is 0. The maximum absolute atomic E-state index is 6.11. The van der Waals surface area contributed by atoms with Gasteiger partial charge in [0.25, 0.3) is 0 Å². The Labute approximate surface area is 155 Å². The number of hydrogen-bond acceptors (Lipinski definition) is 5. The topological polar surface area (TPSA) is 42.8 Å². The molecule has 140 valence electrons. The standard InChI is InChI=1S/C20H28N4O2/c1-7-23(16-20(26-11-1)15-22-9-12-25-13-10-22)14-18-2-4-19(5-3-18)24-8-6-21-17-24/h2-6,8,17,20H,1,7,9-16H2. The van der Waals surface area contributed by atoms with Crippen molar-refractivity contribution in [3.8, 4) is 5.69 Å². The van der Waals surface area contributed by atoms with Crippen molar-refractivity contribution in [2.45, 2.75) is 19.1 Å². The Bertz CT molecular complexity index is 653. The third-order valence-electron chi connectivity index (χ3n) is 5.14. The van der Waals surface area contributed by atoms with E-state index in [1.54, 1.807) is 6.20 Å². The van der Waals surface area contributed by atoms with Crippen LogP contribution in [-0.2, 0) is 16.0 Å². The lowest BCUT2D eigenvalue weighted by Crippen LogP contribution is -2.44. The normalized spacial score (nSPS) is 23.0. The Hall–Kier alpha value is -1.73. The molecule has 2 aliphatic heterocycles. The zero-order chi connectivity index (χ0) is 17.6. The monoisotopic (exact) mass is 356 g/mol. The van der Waals surface area contributed by atoms with Crippen LogP contribution in [0.5, 0.6) is 0 Å². The molecular weight excluding hydrogens is 328 g/mol. The highest BCUT2D eigenvalue weighted by Crippen LogP contribution is 2.15. The summed E-state index contributed by atoms with van der Waals surface area (Å²) < 4.78 is 13.6. The van der Waals surface area contributed by atoms with Gasteiger partial charge in [-0.2, -0.15) is 0 Å². The van der Waals surface area contributed by atoms with E-state index in [0.29, 0.717) is 6.10 Å². The molecule has 0 N–H and O–H groups in total. The van der Waals surface area contributed by atoms with Crippen LogP contribution in [0.25, 0.3) is 5.69 Å². The van der Waals surface area contributed by atoms with Gasteiger partial charge in [0.1, 0.15) is 0 Å². The molecule has 26 heavy (non-hydrogen) atoms. The van der Waals surface area contributed by atoms with Gasteiger partial charge in [-0.05, 0) is 24.1 Å². The second-order valence-electron chi connectivity index (χ2n) is 7.13. The van der Waals surface area contributed by atoms with Crippen LogP contribution < -0.4 is 0 Å². The summed E-state index contributed by atoms with van der Waals surface area (Å²) >= 11 is 0. The first-order chi connectivity index (χ1) is 12.9. The van der Waals surface area contributed by atoms with Crippen LogP contribution in [0.4, 0.5) is 0 Å². The van der Waals surface area contributed by atoms with Crippen molar-refractivity contribution in [1.82, 2.24) is 19.4 Å². The number of ether oxygens (including phenoxy) is 2. The van der Waals surface area contributed by atoms with Crippen molar-refractivity contribution in [3.05, 3.63) is 48.5 Å². The first-order valence-electron chi connectivity index (χ1n) is 9.58. The molecule has 1 atom stereocenters. The van der Waals surface area contributed by atoms with E-state index < -0.39 is 0 Å². The van der Waals surface area contributed by atoms with E-state index in [-0.39, 0.29) is 0 Å². The average molecular weight is 356 g/mol. The first kappa shape index (κ1) is 17.7. The molecule has 6 heteroatoms. The quantitative estimate of drug-likeness (QED) is 0.817. The predicted octanol–water partition coefficient (Wildman–Crippen LogP) is 1.80. The van der Waals surface area contributed by atoms with E-state index >= 15 is 0 Å². The van der Waals surface area contributed by atoms with Crippen molar-refractivity contribution in [1.29, 1.82) is 0 Å². The van der Waals surface area contributed by atoms with Crippen LogP contribution in [0.3, 0.4) is 0 Å². The summed E-state index contributed by atoms with van der Waals surface area (Å²) in [5.41, 5.74) is 2.50. The van der Waals surface area contributed by atoms with Gasteiger partial charge in [0.2, 0.25) is 0 Å². The molecule has 0 saturated carbocycles. The number of morpholine rings is 1. The van der Waals surface area contributed by atoms with Gasteiger partial charge in [-0.1, -0.05) is 12.1 Å². The summed E-state index contributed by atoms with van der Waals surface area (Å²) in [6.07, 6.45) is 7.00. The SMILES string of the molecule is c1cn(-c2ccc(CN3CCCOC(CN4CCOCC4)C3)cc2)cn1. The third-order valence-corrected chi connectivity index (χ3v) is 5.14. The fourth-order valence-corrected chi connectivity index (χ4v) is 3.74. The van der Waals surface area contributed by atoms with E-state index in [9.17, 15) is 0 Å². The lowest BCUT2D eigenvalue weighted by atomic mass is 10.1. The minimum Gasteiger partial charge on any atom is -0.379 e. The molecule has 0 aliphatic carbocycles. The lowest BCUT2D eigenvalue weighted by molar-refractivity contribution is -0.0122. The van der Waals surface area contributed by atoms with Crippen LogP contribution in [0.15, 0.2) is 43.0 Å². The molecular formula is C20H28N4O2. The molecule has 2 saturated heterocycles. The Morgan fingerprint density at radius 3 is 2.62 bits per heavy atom. The third kappa shape index (κ3) is 4.71. The number of imidazole rings is 1. The Morgan fingerprint density at radius 1 is 1.00 bits per heavy atom. The zero-order valence-electron chi connectivity index (χ0n) is 15.3. The maximum Gasteiger partial charge on any atom is 0.0991 e. The zero-order valence-corrected chi connectivity index (χ0v) is 15.3. The smallest absolute Gasteiger partial charge is 0.0991 e. The molecule has 4 rings (SSSR count). The van der Waals surface area contributed by atoms with Gasteiger partial charge in [-0.15, -0.1) is 0 Å². The van der Waals surface area contributed by atoms with E-state index in [4.69, 9.17) is 9.47 Å². The molecule has 1 aromatic heterocycles. The molecule has 0 spiro atoms. The summed E-state index contributed by atoms with van der Waals surface area (Å²) in [4.78, 5) is 9.11. The highest BCUT2D eigenvalue weighted by atomic mass is 16.5. The highest BCUT2D eigenvalue weighted by Gasteiger charge is 2.22. The maximum atomic E-state index is 6.11. The molecule has 2 fully saturated rings. The van der Waals surface area contributed by atoms with Gasteiger partial charge < -0.3 is 14.0 Å². The molecule has 3 heterocycles. The number of nitrogens with zero attached hydrogens (tertiary/aromatic N) is 4. The largest absolute Gasteiger partial charge is 0.379 e. The van der Waals surface area contributed by atoms with Gasteiger partial charge in [-0.25, -0.2) is 4.98 Å². The van der Waals surface area contributed by atoms with E-state index in [0.717, 1.165) is 71.2 Å². The van der Waals surface area contributed by atoms with Crippen LogP contribution in [0.2, 0.25) is 0 Å². The minimum absolute atomic E-state index is 0.292. The van der Waals surface area contributed by atoms with Crippen molar-refractivity contribution >= 4 is 0 Å². The second kappa shape index (κ2) is 8.77. The van der Waals surface area contributed by atoms with Gasteiger partial charge >= 0.3 is 0 Å². The predicted molar refractivity (Wildman–Crippen MR) is 100 cm³/mol. The average Bonchev–Trinajstić information content (AvgIpc) is 3.12. The molecule has 0 amide bonds. The van der Waals surface area contributed by atoms with Crippen LogP contribution in [0.1, 0.15) is 12.0 Å². The Kier molecular flexibility index (Phi) is 5.96. The Balaban J connectivity index is 1.34. The number of aromatic nitrogens is 2. The van der Waals surface area contributed by atoms with Gasteiger partial charge in [0.15, 0.2) is 0 Å². The molecule has 6 nitrogen and oxygen atoms in total. The van der Waals surface area contributed by atoms with Crippen molar-refractivity contribution in [2.75, 3.05) is 52.5 Å². The molecule has 1 unspecified atom stereocenters. The van der Waals surface area contributed by atoms with Crippen LogP contribution in [0, 0.1) is 0 Å². The number of hydrogen-bond donors (Lipinski definition) is 0. The summed E-state index contributed by atoms with van der Waals surface area (Å²) in [6.45, 7) is 8.70. The lowest BCUT2D eigenvalue weighted by Gasteiger charge is -2.31. The number of rotatable bonds is 5. The first-order valence-corrected chi connectivity index (χ1v) is 9.58. The summed E-state index contributed by atoms with van der Waals surface area (Å²) in [5.74, 6) is 0. The van der Waals surface area contributed by atoms with Gasteiger partial charge in [0, 0.05) is 64.0 Å². The highest BCUT2D eigenvalue weighted by molar-refractivity contribution is 5.34. The molecule has 0 radical (unpaired) electrons. The van der Waals surface area contributed by atoms with E-state index in [1.165, 1.54) is 5.56 Å². The van der Waals surface area contributed by atoms with E-state index in [2.05, 4.69) is 39.0 Å². The Morgan fingerprint density at radius 2 is 1.85 bits per heavy atom. The minimum atomic E-state index is 0.292. The second-order valence-corrected chi connectivity index (χ2v) is 7.13. The van der Waals surface area contributed by atoms with E-state index in [1.807, 2.05) is 17.1 Å². The summed E-state index contributed by atoms with van der Waals surface area (Å²) in [6, 6.07) is 8.77. The van der Waals surface area contributed by atoms with Crippen molar-refractivity contribution < 1.29 is 9.47 Å². The summed E-state index contributed by atoms with van der Waals surface area (Å²) in [5, 5.41) is 0. The van der Waals surface area contributed by atoms with Crippen molar-refractivity contribution in [2.24, 2.45) is 0 Å². The molecule has 0 bridgehead atoms. The van der Waals surface area contributed by atoms with Crippen LogP contribution in [-0.4, -0.2) is 78.0 Å². The molecule has 1 aromatic carbocycles. The number of benzene rings is 1.